The van der Waals surface area contributed by atoms with E-state index in [9.17, 15) is 9.90 Å². The molecule has 0 fully saturated rings. The van der Waals surface area contributed by atoms with E-state index < -0.39 is 11.9 Å². The Bertz CT molecular complexity index is 539. The van der Waals surface area contributed by atoms with Crippen molar-refractivity contribution in [1.82, 2.24) is 10.1 Å². The first-order valence-electron chi connectivity index (χ1n) is 4.09. The molecular weight excluding hydrogens is 294 g/mol. The van der Waals surface area contributed by atoms with Gasteiger partial charge in [0.25, 0.3) is 5.89 Å². The summed E-state index contributed by atoms with van der Waals surface area (Å²) in [7, 11) is 0. The van der Waals surface area contributed by atoms with Crippen LogP contribution >= 0.6 is 23.2 Å². The first-order chi connectivity index (χ1) is 7.59. The van der Waals surface area contributed by atoms with Gasteiger partial charge in [-0.1, -0.05) is 34.4 Å². The number of carbonyl (C=O) groups excluding carboxylic acids is 1. The fourth-order valence-corrected chi connectivity index (χ4v) is 1.69. The van der Waals surface area contributed by atoms with Gasteiger partial charge >= 0.3 is 51.4 Å². The van der Waals surface area contributed by atoms with E-state index in [1.165, 1.54) is 0 Å². The first kappa shape index (κ1) is 15.1. The SMILES string of the molecule is O=C([O-])c1nc(-c2c(Cl)cccc2Cl)no1.[K+]. The molecular formula is C9H3Cl2KN2O3. The molecule has 82 valence electrons. The van der Waals surface area contributed by atoms with Crippen molar-refractivity contribution in [3.8, 4) is 11.4 Å². The van der Waals surface area contributed by atoms with Crippen LogP contribution in [0.4, 0.5) is 0 Å². The third-order valence-corrected chi connectivity index (χ3v) is 2.42. The molecule has 2 aromatic rings. The van der Waals surface area contributed by atoms with Crippen LogP contribution in [0.2, 0.25) is 10.0 Å². The fourth-order valence-electron chi connectivity index (χ4n) is 1.12. The molecule has 0 aliphatic rings. The third kappa shape index (κ3) is 3.28. The average Bonchev–Trinajstić information content (AvgIpc) is 2.66. The molecule has 1 aromatic heterocycles. The molecule has 0 radical (unpaired) electrons. The molecule has 0 aliphatic heterocycles. The monoisotopic (exact) mass is 296 g/mol. The van der Waals surface area contributed by atoms with E-state index in [2.05, 4.69) is 14.7 Å². The van der Waals surface area contributed by atoms with Gasteiger partial charge < -0.3 is 14.4 Å². The van der Waals surface area contributed by atoms with E-state index in [1.54, 1.807) is 18.2 Å². The van der Waals surface area contributed by atoms with Crippen LogP contribution in [0.1, 0.15) is 10.7 Å². The number of hydrogen-bond acceptors (Lipinski definition) is 5. The van der Waals surface area contributed by atoms with Gasteiger partial charge in [-0.05, 0) is 12.1 Å². The summed E-state index contributed by atoms with van der Waals surface area (Å²) < 4.78 is 4.45. The minimum atomic E-state index is -1.55. The van der Waals surface area contributed by atoms with E-state index in [1.807, 2.05) is 0 Å². The summed E-state index contributed by atoms with van der Waals surface area (Å²) in [5.74, 6) is -2.16. The predicted octanol–water partition coefficient (Wildman–Crippen LogP) is -1.59. The summed E-state index contributed by atoms with van der Waals surface area (Å²) in [6.07, 6.45) is 0. The van der Waals surface area contributed by atoms with Gasteiger partial charge in [-0.3, -0.25) is 0 Å². The number of carboxylic acid groups (broad SMARTS) is 1. The van der Waals surface area contributed by atoms with Crippen molar-refractivity contribution in [2.75, 3.05) is 0 Å². The molecule has 0 aliphatic carbocycles. The van der Waals surface area contributed by atoms with Crippen molar-refractivity contribution in [3.05, 3.63) is 34.1 Å². The van der Waals surface area contributed by atoms with Crippen molar-refractivity contribution in [2.24, 2.45) is 0 Å². The standard InChI is InChI=1S/C9H4Cl2N2O3.K/c10-4-2-1-3-5(11)6(4)7-12-8(9(14)15)16-13-7;/h1-3H,(H,14,15);/q;+1/p-1. The summed E-state index contributed by atoms with van der Waals surface area (Å²) in [5, 5.41) is 14.5. The van der Waals surface area contributed by atoms with Gasteiger partial charge in [0.1, 0.15) is 5.97 Å². The zero-order valence-corrected chi connectivity index (χ0v) is 13.2. The number of aromatic nitrogens is 2. The van der Waals surface area contributed by atoms with Crippen molar-refractivity contribution >= 4 is 29.2 Å². The van der Waals surface area contributed by atoms with Crippen LogP contribution in [0.15, 0.2) is 22.7 Å². The number of benzene rings is 1. The summed E-state index contributed by atoms with van der Waals surface area (Å²) in [4.78, 5) is 14.0. The number of rotatable bonds is 2. The fraction of sp³-hybridized carbons (Fsp3) is 0. The zero-order chi connectivity index (χ0) is 11.7. The molecule has 17 heavy (non-hydrogen) atoms. The van der Waals surface area contributed by atoms with Crippen LogP contribution in [-0.2, 0) is 0 Å². The molecule has 0 bridgehead atoms. The number of halogens is 2. The van der Waals surface area contributed by atoms with Gasteiger partial charge in [0.2, 0.25) is 5.82 Å². The van der Waals surface area contributed by atoms with Crippen LogP contribution in [-0.4, -0.2) is 16.1 Å². The van der Waals surface area contributed by atoms with Crippen LogP contribution in [0.5, 0.6) is 0 Å². The summed E-state index contributed by atoms with van der Waals surface area (Å²) >= 11 is 11.8. The molecule has 0 atom stereocenters. The maximum Gasteiger partial charge on any atom is 1.00 e. The van der Waals surface area contributed by atoms with Crippen molar-refractivity contribution in [2.45, 2.75) is 0 Å². The van der Waals surface area contributed by atoms with Gasteiger partial charge in [0.15, 0.2) is 0 Å². The zero-order valence-electron chi connectivity index (χ0n) is 8.61. The Morgan fingerprint density at radius 1 is 1.29 bits per heavy atom. The van der Waals surface area contributed by atoms with Crippen molar-refractivity contribution in [3.63, 3.8) is 0 Å². The molecule has 0 saturated heterocycles. The second-order valence-electron chi connectivity index (χ2n) is 2.81. The van der Waals surface area contributed by atoms with Crippen LogP contribution in [0.25, 0.3) is 11.4 Å². The predicted molar refractivity (Wildman–Crippen MR) is 54.1 cm³/mol. The van der Waals surface area contributed by atoms with E-state index in [-0.39, 0.29) is 57.2 Å². The first-order valence-corrected chi connectivity index (χ1v) is 4.84. The Kier molecular flexibility index (Phi) is 5.58. The van der Waals surface area contributed by atoms with E-state index in [0.29, 0.717) is 15.6 Å². The van der Waals surface area contributed by atoms with Crippen LogP contribution < -0.4 is 56.5 Å². The molecule has 1 heterocycles. The van der Waals surface area contributed by atoms with Crippen molar-refractivity contribution in [1.29, 1.82) is 0 Å². The maximum atomic E-state index is 10.4. The summed E-state index contributed by atoms with van der Waals surface area (Å²) in [6.45, 7) is 0. The Hall–Kier alpha value is 0.0464. The normalized spacial score (nSPS) is 9.76. The molecule has 0 spiro atoms. The molecule has 2 rings (SSSR count). The Balaban J connectivity index is 0.00000144. The maximum absolute atomic E-state index is 10.4. The smallest absolute Gasteiger partial charge is 0.540 e. The Morgan fingerprint density at radius 2 is 1.88 bits per heavy atom. The summed E-state index contributed by atoms with van der Waals surface area (Å²) in [6, 6.07) is 4.81. The molecule has 1 aromatic carbocycles. The van der Waals surface area contributed by atoms with Crippen LogP contribution in [0.3, 0.4) is 0 Å². The minimum absolute atomic E-state index is 0. The van der Waals surface area contributed by atoms with Crippen molar-refractivity contribution < 1.29 is 65.8 Å². The van der Waals surface area contributed by atoms with Gasteiger partial charge in [0.05, 0.1) is 15.6 Å². The largest absolute Gasteiger partial charge is 1.00 e. The third-order valence-electron chi connectivity index (χ3n) is 1.79. The number of nitrogens with zero attached hydrogens (tertiary/aromatic N) is 2. The average molecular weight is 297 g/mol. The molecule has 0 unspecified atom stereocenters. The van der Waals surface area contributed by atoms with Gasteiger partial charge in [-0.15, -0.1) is 0 Å². The number of aromatic carboxylic acids is 1. The summed E-state index contributed by atoms with van der Waals surface area (Å²) in [5.41, 5.74) is 0.321. The van der Waals surface area contributed by atoms with E-state index >= 15 is 0 Å². The van der Waals surface area contributed by atoms with E-state index in [4.69, 9.17) is 23.2 Å². The van der Waals surface area contributed by atoms with Crippen LogP contribution in [0, 0.1) is 0 Å². The Labute approximate surface area is 149 Å². The molecule has 8 heteroatoms. The topological polar surface area (TPSA) is 79.0 Å². The number of hydrogen-bond donors (Lipinski definition) is 0. The quantitative estimate of drug-likeness (QED) is 0.625. The molecule has 5 nitrogen and oxygen atoms in total. The van der Waals surface area contributed by atoms with E-state index in [0.717, 1.165) is 0 Å². The van der Waals surface area contributed by atoms with Gasteiger partial charge in [-0.25, -0.2) is 0 Å². The molecule has 0 N–H and O–H groups in total. The molecule has 0 amide bonds. The van der Waals surface area contributed by atoms with Gasteiger partial charge in [-0.2, -0.15) is 4.98 Å². The number of carbonyl (C=O) groups is 1. The second kappa shape index (κ2) is 6.28. The number of carboxylic acids is 1. The second-order valence-corrected chi connectivity index (χ2v) is 3.62. The van der Waals surface area contributed by atoms with Gasteiger partial charge in [0, 0.05) is 0 Å². The minimum Gasteiger partial charge on any atom is -0.540 e. The Morgan fingerprint density at radius 3 is 2.35 bits per heavy atom. The molecule has 0 saturated carbocycles.